The number of benzene rings is 1. The van der Waals surface area contributed by atoms with Gasteiger partial charge >= 0.3 is 5.97 Å². The van der Waals surface area contributed by atoms with Crippen LogP contribution in [0, 0.1) is 6.92 Å². The molecule has 0 N–H and O–H groups in total. The summed E-state index contributed by atoms with van der Waals surface area (Å²) in [4.78, 5) is 24.1. The molecule has 0 radical (unpaired) electrons. The van der Waals surface area contributed by atoms with Crippen molar-refractivity contribution in [1.82, 2.24) is 9.88 Å². The van der Waals surface area contributed by atoms with E-state index in [4.69, 9.17) is 9.73 Å². The number of thiazole rings is 1. The average Bonchev–Trinajstić information content (AvgIpc) is 3.16. The van der Waals surface area contributed by atoms with Gasteiger partial charge in [-0.1, -0.05) is 47.4 Å². The van der Waals surface area contributed by atoms with Crippen molar-refractivity contribution in [3.05, 3.63) is 46.0 Å². The number of hydrogen-bond donors (Lipinski definition) is 0. The van der Waals surface area contributed by atoms with Gasteiger partial charge in [-0.3, -0.25) is 4.79 Å². The van der Waals surface area contributed by atoms with E-state index in [1.54, 1.807) is 11.8 Å². The zero-order valence-electron chi connectivity index (χ0n) is 14.2. The summed E-state index contributed by atoms with van der Waals surface area (Å²) in [6.45, 7) is 2.83. The normalized spacial score (nSPS) is 20.5. The quantitative estimate of drug-likeness (QED) is 0.773. The van der Waals surface area contributed by atoms with Crippen LogP contribution in [0.25, 0.3) is 0 Å². The average molecular weight is 374 g/mol. The van der Waals surface area contributed by atoms with Crippen molar-refractivity contribution in [3.8, 4) is 0 Å². The molecule has 1 atom stereocenters. The number of methoxy groups -OCH3 is 1. The number of aryl methyl sites for hydroxylation is 1. The van der Waals surface area contributed by atoms with E-state index in [0.29, 0.717) is 6.04 Å². The van der Waals surface area contributed by atoms with Crippen LogP contribution < -0.4 is 0 Å². The first-order valence-corrected chi connectivity index (χ1v) is 10.0. The highest BCUT2D eigenvalue weighted by atomic mass is 32.2. The fraction of sp³-hybridized carbons (Fsp3) is 0.389. The third-order valence-electron chi connectivity index (χ3n) is 4.61. The van der Waals surface area contributed by atoms with Gasteiger partial charge in [-0.05, 0) is 24.5 Å². The van der Waals surface area contributed by atoms with Crippen LogP contribution in [0.4, 0.5) is 5.13 Å². The third kappa shape index (κ3) is 3.30. The van der Waals surface area contributed by atoms with Crippen LogP contribution in [0.5, 0.6) is 0 Å². The Morgan fingerprint density at radius 2 is 2.20 bits per heavy atom. The first-order chi connectivity index (χ1) is 12.1. The molecule has 1 fully saturated rings. The maximum atomic E-state index is 11.5. The molecule has 0 aliphatic carbocycles. The lowest BCUT2D eigenvalue weighted by Gasteiger charge is -2.32. The highest BCUT2D eigenvalue weighted by molar-refractivity contribution is 8.14. The Morgan fingerprint density at radius 3 is 3.00 bits per heavy atom. The maximum absolute atomic E-state index is 11.5. The first kappa shape index (κ1) is 16.6. The summed E-state index contributed by atoms with van der Waals surface area (Å²) in [5, 5.41) is 1.76. The molecule has 2 aromatic rings. The second-order valence-electron chi connectivity index (χ2n) is 6.22. The minimum Gasteiger partial charge on any atom is -0.469 e. The van der Waals surface area contributed by atoms with Crippen LogP contribution in [-0.4, -0.2) is 39.9 Å². The zero-order valence-corrected chi connectivity index (χ0v) is 15.8. The molecule has 0 unspecified atom stereocenters. The number of carbonyl (C=O) groups is 1. The van der Waals surface area contributed by atoms with Gasteiger partial charge in [0, 0.05) is 23.2 Å². The molecule has 2 aliphatic heterocycles. The summed E-state index contributed by atoms with van der Waals surface area (Å²) in [7, 11) is 1.41. The van der Waals surface area contributed by atoms with Crippen LogP contribution in [-0.2, 0) is 28.9 Å². The van der Waals surface area contributed by atoms with Crippen molar-refractivity contribution in [1.29, 1.82) is 0 Å². The van der Waals surface area contributed by atoms with E-state index in [1.165, 1.54) is 29.6 Å². The number of nitrogens with zero attached hydrogens (tertiary/aromatic N) is 3. The number of hydrogen-bond acceptors (Lipinski definition) is 6. The van der Waals surface area contributed by atoms with E-state index in [1.807, 2.05) is 6.92 Å². The smallest absolute Gasteiger partial charge is 0.310 e. The molecule has 0 saturated carbocycles. The Labute approximate surface area is 155 Å². The van der Waals surface area contributed by atoms with Crippen molar-refractivity contribution in [2.24, 2.45) is 4.99 Å². The fourth-order valence-corrected chi connectivity index (χ4v) is 5.37. The number of thioether (sulfide) groups is 1. The Morgan fingerprint density at radius 1 is 1.40 bits per heavy atom. The van der Waals surface area contributed by atoms with Gasteiger partial charge in [0.05, 0.1) is 19.2 Å². The van der Waals surface area contributed by atoms with E-state index < -0.39 is 0 Å². The van der Waals surface area contributed by atoms with Crippen LogP contribution in [0.1, 0.15) is 21.7 Å². The predicted molar refractivity (Wildman–Crippen MR) is 102 cm³/mol. The Hall–Kier alpha value is -1.86. The first-order valence-electron chi connectivity index (χ1n) is 8.22. The summed E-state index contributed by atoms with van der Waals surface area (Å²) in [6.07, 6.45) is 1.34. The summed E-state index contributed by atoms with van der Waals surface area (Å²) in [6, 6.07) is 9.16. The van der Waals surface area contributed by atoms with Crippen LogP contribution in [0.15, 0.2) is 29.3 Å². The highest BCUT2D eigenvalue weighted by Crippen LogP contribution is 2.36. The van der Waals surface area contributed by atoms with Gasteiger partial charge in [0.15, 0.2) is 5.17 Å². The van der Waals surface area contributed by atoms with Crippen molar-refractivity contribution in [2.75, 3.05) is 12.9 Å². The second kappa shape index (κ2) is 6.80. The molecule has 1 saturated heterocycles. The third-order valence-corrected chi connectivity index (χ3v) is 6.80. The maximum Gasteiger partial charge on any atom is 0.310 e. The van der Waals surface area contributed by atoms with Crippen molar-refractivity contribution >= 4 is 39.4 Å². The number of carbonyl (C=O) groups excluding carboxylic acids is 1. The van der Waals surface area contributed by atoms with E-state index in [2.05, 4.69) is 34.1 Å². The molecule has 0 bridgehead atoms. The number of aliphatic imine (C=N–C) groups is 1. The standard InChI is InChI=1S/C18H19N3O2S2/c1-11-15(8-16(22)23-2)25-17(19-11)20-18-21-9-13-6-4-3-5-12(13)7-14(21)10-24-18/h3-6,14H,7-10H2,1-2H3/t14-/m0/s1. The molecule has 3 heterocycles. The number of fused-ring (bicyclic) bond motifs is 2. The van der Waals surface area contributed by atoms with Crippen molar-refractivity contribution in [3.63, 3.8) is 0 Å². The van der Waals surface area contributed by atoms with Crippen LogP contribution in [0.2, 0.25) is 0 Å². The highest BCUT2D eigenvalue weighted by Gasteiger charge is 2.34. The van der Waals surface area contributed by atoms with Crippen LogP contribution >= 0.6 is 23.1 Å². The molecule has 0 amide bonds. The molecule has 5 nitrogen and oxygen atoms in total. The van der Waals surface area contributed by atoms with Gasteiger partial charge in [0.25, 0.3) is 0 Å². The molecule has 2 aliphatic rings. The van der Waals surface area contributed by atoms with E-state index in [9.17, 15) is 4.79 Å². The topological polar surface area (TPSA) is 54.8 Å². The minimum absolute atomic E-state index is 0.242. The molecule has 1 aromatic carbocycles. The lowest BCUT2D eigenvalue weighted by molar-refractivity contribution is -0.139. The SMILES string of the molecule is COC(=O)Cc1sc(N=C2SC[C@@H]3Cc4ccccc4CN23)nc1C. The van der Waals surface area contributed by atoms with Gasteiger partial charge in [-0.2, -0.15) is 4.99 Å². The van der Waals surface area contributed by atoms with Gasteiger partial charge in [0.2, 0.25) is 5.13 Å². The fourth-order valence-electron chi connectivity index (χ4n) is 3.22. The molecular weight excluding hydrogens is 354 g/mol. The van der Waals surface area contributed by atoms with Crippen LogP contribution in [0.3, 0.4) is 0 Å². The number of amidine groups is 1. The lowest BCUT2D eigenvalue weighted by atomic mass is 9.95. The Balaban J connectivity index is 1.57. The monoisotopic (exact) mass is 373 g/mol. The Bertz CT molecular complexity index is 847. The molecule has 7 heteroatoms. The zero-order chi connectivity index (χ0) is 17.4. The number of esters is 1. The molecule has 4 rings (SSSR count). The molecule has 25 heavy (non-hydrogen) atoms. The second-order valence-corrected chi connectivity index (χ2v) is 8.27. The van der Waals surface area contributed by atoms with E-state index in [-0.39, 0.29) is 12.4 Å². The summed E-state index contributed by atoms with van der Waals surface area (Å²) in [5.41, 5.74) is 3.70. The number of ether oxygens (including phenoxy) is 1. The van der Waals surface area contributed by atoms with Gasteiger partial charge < -0.3 is 9.64 Å². The largest absolute Gasteiger partial charge is 0.469 e. The van der Waals surface area contributed by atoms with Gasteiger partial charge in [0.1, 0.15) is 0 Å². The van der Waals surface area contributed by atoms with Gasteiger partial charge in [-0.25, -0.2) is 4.98 Å². The summed E-state index contributed by atoms with van der Waals surface area (Å²) >= 11 is 3.27. The summed E-state index contributed by atoms with van der Waals surface area (Å²) < 4.78 is 4.75. The molecule has 0 spiro atoms. The van der Waals surface area contributed by atoms with E-state index in [0.717, 1.165) is 39.6 Å². The lowest BCUT2D eigenvalue weighted by Crippen LogP contribution is -2.38. The minimum atomic E-state index is -0.242. The predicted octanol–water partition coefficient (Wildman–Crippen LogP) is 3.33. The number of aromatic nitrogens is 1. The van der Waals surface area contributed by atoms with E-state index >= 15 is 0 Å². The number of rotatable bonds is 3. The molecule has 1 aromatic heterocycles. The summed E-state index contributed by atoms with van der Waals surface area (Å²) in [5.74, 6) is 0.820. The van der Waals surface area contributed by atoms with Gasteiger partial charge in [-0.15, -0.1) is 0 Å². The van der Waals surface area contributed by atoms with Crippen molar-refractivity contribution in [2.45, 2.75) is 32.4 Å². The van der Waals surface area contributed by atoms with Crippen molar-refractivity contribution < 1.29 is 9.53 Å². The molecule has 130 valence electrons. The Kier molecular flexibility index (Phi) is 4.52. The molecular formula is C18H19N3O2S2.